The molecule has 0 saturated heterocycles. The molecule has 1 fully saturated rings. The predicted octanol–water partition coefficient (Wildman–Crippen LogP) is 3.17. The van der Waals surface area contributed by atoms with Crippen molar-refractivity contribution in [3.05, 3.63) is 30.1 Å². The number of benzene rings is 1. The molecule has 19 heavy (non-hydrogen) atoms. The molecule has 3 rings (SSSR count). The first-order valence-corrected chi connectivity index (χ1v) is 6.92. The topological polar surface area (TPSA) is 55.1 Å². The van der Waals surface area contributed by atoms with Gasteiger partial charge in [0.25, 0.3) is 0 Å². The zero-order valence-electron chi connectivity index (χ0n) is 10.9. The number of aromatic nitrogens is 2. The van der Waals surface area contributed by atoms with Crippen LogP contribution in [-0.4, -0.2) is 20.6 Å². The number of imidazole rings is 1. The molecule has 0 amide bonds. The number of carboxylic acid groups (broad SMARTS) is 1. The first-order valence-electron chi connectivity index (χ1n) is 6.92. The van der Waals surface area contributed by atoms with Gasteiger partial charge in [0.2, 0.25) is 0 Å². The molecule has 1 saturated carbocycles. The third kappa shape index (κ3) is 2.35. The molecule has 4 nitrogen and oxygen atoms in total. The van der Waals surface area contributed by atoms with Crippen molar-refractivity contribution in [2.45, 2.75) is 44.6 Å². The van der Waals surface area contributed by atoms with Gasteiger partial charge in [0.15, 0.2) is 0 Å². The van der Waals surface area contributed by atoms with Gasteiger partial charge in [-0.3, -0.25) is 4.79 Å². The fourth-order valence-corrected chi connectivity index (χ4v) is 2.70. The van der Waals surface area contributed by atoms with Crippen molar-refractivity contribution < 1.29 is 9.90 Å². The van der Waals surface area contributed by atoms with E-state index in [4.69, 9.17) is 10.1 Å². The van der Waals surface area contributed by atoms with Crippen molar-refractivity contribution in [3.8, 4) is 0 Å². The van der Waals surface area contributed by atoms with Crippen LogP contribution in [0.1, 0.15) is 43.8 Å². The maximum atomic E-state index is 10.7. The van der Waals surface area contributed by atoms with E-state index >= 15 is 0 Å². The van der Waals surface area contributed by atoms with E-state index in [2.05, 4.69) is 10.6 Å². The van der Waals surface area contributed by atoms with Gasteiger partial charge in [0.1, 0.15) is 5.82 Å². The van der Waals surface area contributed by atoms with Crippen LogP contribution in [0, 0.1) is 0 Å². The van der Waals surface area contributed by atoms with E-state index in [0.717, 1.165) is 23.4 Å². The van der Waals surface area contributed by atoms with Crippen LogP contribution in [0.4, 0.5) is 0 Å². The predicted molar refractivity (Wildman–Crippen MR) is 73.2 cm³/mol. The SMILES string of the molecule is O=C(O)CCCn1c(C2CCC2)nc2ccccc21. The van der Waals surface area contributed by atoms with Crippen LogP contribution in [0.25, 0.3) is 11.0 Å². The van der Waals surface area contributed by atoms with Crippen LogP contribution in [0.15, 0.2) is 24.3 Å². The van der Waals surface area contributed by atoms with Gasteiger partial charge in [0.05, 0.1) is 11.0 Å². The number of rotatable bonds is 5. The van der Waals surface area contributed by atoms with Crippen LogP contribution in [0.3, 0.4) is 0 Å². The van der Waals surface area contributed by atoms with Crippen molar-refractivity contribution in [1.29, 1.82) is 0 Å². The van der Waals surface area contributed by atoms with E-state index in [1.807, 2.05) is 18.2 Å². The van der Waals surface area contributed by atoms with E-state index < -0.39 is 5.97 Å². The molecule has 0 aliphatic heterocycles. The smallest absolute Gasteiger partial charge is 0.303 e. The van der Waals surface area contributed by atoms with E-state index in [0.29, 0.717) is 12.3 Å². The summed E-state index contributed by atoms with van der Waals surface area (Å²) in [6, 6.07) is 8.13. The molecule has 4 heteroatoms. The Balaban J connectivity index is 1.91. The zero-order chi connectivity index (χ0) is 13.2. The Labute approximate surface area is 112 Å². The van der Waals surface area contributed by atoms with Gasteiger partial charge >= 0.3 is 5.97 Å². The number of fused-ring (bicyclic) bond motifs is 1. The minimum absolute atomic E-state index is 0.219. The molecule has 2 aromatic rings. The number of hydrogen-bond acceptors (Lipinski definition) is 2. The molecule has 1 N–H and O–H groups in total. The number of aryl methyl sites for hydroxylation is 1. The summed E-state index contributed by atoms with van der Waals surface area (Å²) in [6.07, 6.45) is 4.58. The second-order valence-corrected chi connectivity index (χ2v) is 5.24. The number of aliphatic carboxylic acids is 1. The van der Waals surface area contributed by atoms with Gasteiger partial charge < -0.3 is 9.67 Å². The fourth-order valence-electron chi connectivity index (χ4n) is 2.70. The first kappa shape index (κ1) is 12.2. The van der Waals surface area contributed by atoms with Crippen molar-refractivity contribution in [2.75, 3.05) is 0 Å². The normalized spacial score (nSPS) is 15.6. The monoisotopic (exact) mass is 258 g/mol. The van der Waals surface area contributed by atoms with E-state index in [1.165, 1.54) is 19.3 Å². The lowest BCUT2D eigenvalue weighted by Crippen LogP contribution is -2.16. The van der Waals surface area contributed by atoms with Gasteiger partial charge in [-0.05, 0) is 31.4 Å². The summed E-state index contributed by atoms with van der Waals surface area (Å²) in [4.78, 5) is 15.4. The standard InChI is InChI=1S/C15H18N2O2/c18-14(19)9-4-10-17-13-8-2-1-7-12(13)16-15(17)11-5-3-6-11/h1-2,7-8,11H,3-6,9-10H2,(H,18,19). The molecule has 1 aliphatic rings. The molecule has 0 spiro atoms. The summed E-state index contributed by atoms with van der Waals surface area (Å²) >= 11 is 0. The number of carboxylic acids is 1. The minimum Gasteiger partial charge on any atom is -0.481 e. The van der Waals surface area contributed by atoms with Crippen molar-refractivity contribution in [2.24, 2.45) is 0 Å². The van der Waals surface area contributed by atoms with Crippen LogP contribution < -0.4 is 0 Å². The van der Waals surface area contributed by atoms with Crippen LogP contribution in [-0.2, 0) is 11.3 Å². The van der Waals surface area contributed by atoms with Crippen LogP contribution >= 0.6 is 0 Å². The van der Waals surface area contributed by atoms with Gasteiger partial charge in [0, 0.05) is 18.9 Å². The molecule has 0 bridgehead atoms. The Kier molecular flexibility index (Phi) is 3.23. The molecular formula is C15H18N2O2. The Morgan fingerprint density at radius 2 is 2.16 bits per heavy atom. The number of carbonyl (C=O) groups is 1. The maximum Gasteiger partial charge on any atom is 0.303 e. The third-order valence-corrected chi connectivity index (χ3v) is 3.93. The lowest BCUT2D eigenvalue weighted by atomic mass is 9.85. The summed E-state index contributed by atoms with van der Waals surface area (Å²) in [6.45, 7) is 0.749. The summed E-state index contributed by atoms with van der Waals surface area (Å²) in [5, 5.41) is 8.77. The average Bonchev–Trinajstić information content (AvgIpc) is 2.66. The Hall–Kier alpha value is -1.84. The van der Waals surface area contributed by atoms with Gasteiger partial charge in [-0.1, -0.05) is 18.6 Å². The molecule has 0 atom stereocenters. The average molecular weight is 258 g/mol. The van der Waals surface area contributed by atoms with E-state index in [1.54, 1.807) is 0 Å². The second kappa shape index (κ2) is 5.03. The maximum absolute atomic E-state index is 10.7. The Bertz CT molecular complexity index is 599. The fraction of sp³-hybridized carbons (Fsp3) is 0.467. The molecule has 100 valence electrons. The summed E-state index contributed by atoms with van der Waals surface area (Å²) < 4.78 is 2.22. The van der Waals surface area contributed by atoms with Crippen molar-refractivity contribution in [3.63, 3.8) is 0 Å². The lowest BCUT2D eigenvalue weighted by molar-refractivity contribution is -0.137. The van der Waals surface area contributed by atoms with Gasteiger partial charge in [-0.2, -0.15) is 0 Å². The number of nitrogens with zero attached hydrogens (tertiary/aromatic N) is 2. The van der Waals surface area contributed by atoms with Crippen molar-refractivity contribution in [1.82, 2.24) is 9.55 Å². The van der Waals surface area contributed by atoms with Crippen molar-refractivity contribution >= 4 is 17.0 Å². The highest BCUT2D eigenvalue weighted by molar-refractivity contribution is 5.76. The summed E-state index contributed by atoms with van der Waals surface area (Å²) in [5.74, 6) is 0.990. The highest BCUT2D eigenvalue weighted by Gasteiger charge is 2.25. The molecule has 0 radical (unpaired) electrons. The number of hydrogen-bond donors (Lipinski definition) is 1. The highest BCUT2D eigenvalue weighted by Crippen LogP contribution is 2.37. The molecular weight excluding hydrogens is 240 g/mol. The van der Waals surface area contributed by atoms with E-state index in [-0.39, 0.29) is 6.42 Å². The molecule has 1 aromatic carbocycles. The Morgan fingerprint density at radius 3 is 2.84 bits per heavy atom. The molecule has 1 aliphatic carbocycles. The van der Waals surface area contributed by atoms with E-state index in [9.17, 15) is 4.79 Å². The lowest BCUT2D eigenvalue weighted by Gasteiger charge is -2.25. The third-order valence-electron chi connectivity index (χ3n) is 3.93. The van der Waals surface area contributed by atoms with Gasteiger partial charge in [-0.25, -0.2) is 4.98 Å². The highest BCUT2D eigenvalue weighted by atomic mass is 16.4. The summed E-state index contributed by atoms with van der Waals surface area (Å²) in [5.41, 5.74) is 2.16. The van der Waals surface area contributed by atoms with Gasteiger partial charge in [-0.15, -0.1) is 0 Å². The Morgan fingerprint density at radius 1 is 1.37 bits per heavy atom. The summed E-state index contributed by atoms with van der Waals surface area (Å²) in [7, 11) is 0. The first-order chi connectivity index (χ1) is 9.25. The zero-order valence-corrected chi connectivity index (χ0v) is 10.9. The number of para-hydroxylation sites is 2. The minimum atomic E-state index is -0.727. The van der Waals surface area contributed by atoms with Crippen LogP contribution in [0.2, 0.25) is 0 Å². The molecule has 1 aromatic heterocycles. The largest absolute Gasteiger partial charge is 0.481 e. The molecule has 1 heterocycles. The van der Waals surface area contributed by atoms with Crippen LogP contribution in [0.5, 0.6) is 0 Å². The molecule has 0 unspecified atom stereocenters. The second-order valence-electron chi connectivity index (χ2n) is 5.24. The quantitative estimate of drug-likeness (QED) is 0.896.